The van der Waals surface area contributed by atoms with Gasteiger partial charge in [-0.2, -0.15) is 0 Å². The quantitative estimate of drug-likeness (QED) is 0.138. The standard InChI is InChI=1S/C43H67NO15/c1-12-33-30(22-54-43-41(53-11)40(52-10)39(27(6)56-43)57-28(7)46)19-23(2)16-17-31(47)24(3)20-29(15-13-14-18-45)38(25(4)32(48)21-34(49)58-33)59-42-37(51)35(44(8)9)36(50)26(5)55-42/h13-14,16-19,21,24-27,29-30,33,35-43,48,50-51H,12,15,20,22H2,1-11H3/b14-13+,17-16+,23-19+,32-21+/t24-,25+,26+,27-,29+,30-,33-,35-,36+,37+,38-,39-,40-,41-,42-,43-/m1/s1. The molecule has 3 aliphatic rings. The first kappa shape index (κ1) is 50.0. The molecule has 0 aliphatic carbocycles. The van der Waals surface area contributed by atoms with Gasteiger partial charge in [0.1, 0.15) is 36.5 Å². The molecule has 16 atom stereocenters. The maximum Gasteiger partial charge on any atom is 0.334 e. The lowest BCUT2D eigenvalue weighted by atomic mass is 9.81. The molecule has 0 aromatic heterocycles. The predicted molar refractivity (Wildman–Crippen MR) is 215 cm³/mol. The fourth-order valence-corrected chi connectivity index (χ4v) is 8.07. The number of ether oxygens (including phenoxy) is 8. The monoisotopic (exact) mass is 837 g/mol. The van der Waals surface area contributed by atoms with Gasteiger partial charge in [0, 0.05) is 38.9 Å². The number of likely N-dealkylation sites (N-methyl/N-ethyl adjacent to an activating group) is 1. The normalized spacial score (nSPS) is 40.4. The van der Waals surface area contributed by atoms with E-state index >= 15 is 0 Å². The Kier molecular flexibility index (Phi) is 20.0. The molecule has 0 bridgehead atoms. The number of aldehydes is 1. The Morgan fingerprint density at radius 3 is 2.20 bits per heavy atom. The van der Waals surface area contributed by atoms with Crippen LogP contribution in [-0.2, 0) is 57.1 Å². The molecular weight excluding hydrogens is 770 g/mol. The highest BCUT2D eigenvalue weighted by molar-refractivity contribution is 5.91. The Bertz CT molecular complexity index is 1510. The summed E-state index contributed by atoms with van der Waals surface area (Å²) in [5.74, 6) is -4.50. The highest BCUT2D eigenvalue weighted by atomic mass is 16.7. The minimum Gasteiger partial charge on any atom is -0.512 e. The average molecular weight is 838 g/mol. The van der Waals surface area contributed by atoms with Crippen LogP contribution in [0.3, 0.4) is 0 Å². The van der Waals surface area contributed by atoms with Crippen molar-refractivity contribution >= 4 is 24.0 Å². The van der Waals surface area contributed by atoms with Crippen LogP contribution >= 0.6 is 0 Å². The number of hydrogen-bond donors (Lipinski definition) is 3. The van der Waals surface area contributed by atoms with Crippen molar-refractivity contribution in [2.24, 2.45) is 23.7 Å². The summed E-state index contributed by atoms with van der Waals surface area (Å²) in [7, 11) is 6.36. The fourth-order valence-electron chi connectivity index (χ4n) is 8.07. The molecule has 3 rings (SSSR count). The molecule has 3 heterocycles. The van der Waals surface area contributed by atoms with Gasteiger partial charge >= 0.3 is 11.9 Å². The summed E-state index contributed by atoms with van der Waals surface area (Å²) in [6.45, 7) is 11.7. The van der Waals surface area contributed by atoms with Crippen LogP contribution in [0.5, 0.6) is 0 Å². The van der Waals surface area contributed by atoms with Crippen molar-refractivity contribution in [3.05, 3.63) is 47.8 Å². The molecule has 16 heteroatoms. The van der Waals surface area contributed by atoms with Gasteiger partial charge in [0.2, 0.25) is 0 Å². The summed E-state index contributed by atoms with van der Waals surface area (Å²) in [5, 5.41) is 33.8. The van der Waals surface area contributed by atoms with Gasteiger partial charge in [-0.25, -0.2) is 4.79 Å². The number of nitrogens with zero attached hydrogens (tertiary/aromatic N) is 1. The number of aliphatic hydroxyl groups excluding tert-OH is 3. The first-order valence-corrected chi connectivity index (χ1v) is 20.3. The van der Waals surface area contributed by atoms with Gasteiger partial charge in [-0.3, -0.25) is 14.4 Å². The summed E-state index contributed by atoms with van der Waals surface area (Å²) < 4.78 is 47.8. The number of ketones is 1. The molecule has 0 spiro atoms. The second-order valence-corrected chi connectivity index (χ2v) is 16.0. The number of cyclic esters (lactones) is 1. The third kappa shape index (κ3) is 13.6. The number of aliphatic hydroxyl groups is 3. The van der Waals surface area contributed by atoms with E-state index in [2.05, 4.69) is 0 Å². The summed E-state index contributed by atoms with van der Waals surface area (Å²) in [5.41, 5.74) is 0.681. The van der Waals surface area contributed by atoms with Crippen LogP contribution in [-0.4, -0.2) is 153 Å². The van der Waals surface area contributed by atoms with E-state index in [4.69, 9.17) is 37.9 Å². The van der Waals surface area contributed by atoms with Crippen LogP contribution in [0.2, 0.25) is 0 Å². The Hall–Kier alpha value is -3.32. The van der Waals surface area contributed by atoms with Crippen molar-refractivity contribution in [1.82, 2.24) is 4.90 Å². The fraction of sp³-hybridized carbons (Fsp3) is 0.721. The molecule has 0 amide bonds. The van der Waals surface area contributed by atoms with Gasteiger partial charge in [0.25, 0.3) is 0 Å². The van der Waals surface area contributed by atoms with Crippen LogP contribution in [0.4, 0.5) is 0 Å². The SMILES string of the molecule is CC[C@H]1OC(=O)/C=C(/O)[C@H](C)[C@@H](O[C@H]2O[C@@H](C)[C@H](O)[C@@H](N(C)C)[C@@H]2O)[C@@H](C/C=C/C=O)C[C@@H](C)C(=O)/C=C/C(C)=C/[C@@H]1CO[C@@H]1O[C@H](C)[C@@H](OC(C)=O)[C@@H](OC)[C@H]1OC. The molecule has 0 unspecified atom stereocenters. The predicted octanol–water partition coefficient (Wildman–Crippen LogP) is 3.38. The number of methoxy groups -OCH3 is 2. The molecule has 3 aliphatic heterocycles. The van der Waals surface area contributed by atoms with Crippen molar-refractivity contribution in [2.75, 3.05) is 34.9 Å². The lowest BCUT2D eigenvalue weighted by Gasteiger charge is -2.46. The lowest BCUT2D eigenvalue weighted by molar-refractivity contribution is -0.306. The van der Waals surface area contributed by atoms with Gasteiger partial charge < -0.3 is 58.1 Å². The molecule has 0 aromatic carbocycles. The van der Waals surface area contributed by atoms with Crippen LogP contribution < -0.4 is 0 Å². The first-order chi connectivity index (χ1) is 27.9. The van der Waals surface area contributed by atoms with Gasteiger partial charge in [-0.1, -0.05) is 44.6 Å². The molecule has 59 heavy (non-hydrogen) atoms. The topological polar surface area (TPSA) is 206 Å². The molecule has 334 valence electrons. The number of esters is 2. The van der Waals surface area contributed by atoms with Crippen LogP contribution in [0.15, 0.2) is 47.8 Å². The molecule has 2 saturated heterocycles. The first-order valence-electron chi connectivity index (χ1n) is 20.3. The highest BCUT2D eigenvalue weighted by Gasteiger charge is 2.49. The van der Waals surface area contributed by atoms with Crippen LogP contribution in [0, 0.1) is 23.7 Å². The maximum atomic E-state index is 13.7. The average Bonchev–Trinajstić information content (AvgIpc) is 3.17. The van der Waals surface area contributed by atoms with E-state index in [-0.39, 0.29) is 31.0 Å². The number of carbonyl (C=O) groups is 4. The summed E-state index contributed by atoms with van der Waals surface area (Å²) >= 11 is 0. The number of rotatable bonds is 13. The van der Waals surface area contributed by atoms with Gasteiger partial charge in [0.15, 0.2) is 24.5 Å². The van der Waals surface area contributed by atoms with Gasteiger partial charge in [-0.15, -0.1) is 0 Å². The Balaban J connectivity index is 2.03. The van der Waals surface area contributed by atoms with E-state index in [0.29, 0.717) is 18.3 Å². The van der Waals surface area contributed by atoms with E-state index in [1.165, 1.54) is 33.3 Å². The number of hydrogen-bond acceptors (Lipinski definition) is 16. The van der Waals surface area contributed by atoms with Crippen molar-refractivity contribution in [3.63, 3.8) is 0 Å². The Morgan fingerprint density at radius 1 is 0.949 bits per heavy atom. The van der Waals surface area contributed by atoms with Crippen molar-refractivity contribution in [1.29, 1.82) is 0 Å². The van der Waals surface area contributed by atoms with Crippen molar-refractivity contribution in [2.45, 2.75) is 141 Å². The zero-order chi connectivity index (χ0) is 44.1. The van der Waals surface area contributed by atoms with Crippen LogP contribution in [0.25, 0.3) is 0 Å². The second-order valence-electron chi connectivity index (χ2n) is 16.0. The molecule has 2 fully saturated rings. The van der Waals surface area contributed by atoms with Crippen LogP contribution in [0.1, 0.15) is 67.7 Å². The second kappa shape index (κ2) is 23.6. The van der Waals surface area contributed by atoms with E-state index in [1.807, 2.05) is 13.0 Å². The smallest absolute Gasteiger partial charge is 0.334 e. The van der Waals surface area contributed by atoms with E-state index in [0.717, 1.165) is 6.08 Å². The summed E-state index contributed by atoms with van der Waals surface area (Å²) in [6, 6.07) is -0.754. The van der Waals surface area contributed by atoms with Gasteiger partial charge in [-0.05, 0) is 72.2 Å². The molecule has 3 N–H and O–H groups in total. The zero-order valence-corrected chi connectivity index (χ0v) is 36.3. The van der Waals surface area contributed by atoms with Gasteiger partial charge in [0.05, 0.1) is 43.1 Å². The summed E-state index contributed by atoms with van der Waals surface area (Å²) in [4.78, 5) is 52.2. The Morgan fingerprint density at radius 2 is 1.61 bits per heavy atom. The number of allylic oxidation sites excluding steroid dienone is 5. The van der Waals surface area contributed by atoms with E-state index < -0.39 is 109 Å². The molecule has 16 nitrogen and oxygen atoms in total. The third-order valence-electron chi connectivity index (χ3n) is 11.3. The molecule has 0 radical (unpaired) electrons. The molecule has 0 saturated carbocycles. The third-order valence-corrected chi connectivity index (χ3v) is 11.3. The largest absolute Gasteiger partial charge is 0.512 e. The Labute approximate surface area is 348 Å². The zero-order valence-electron chi connectivity index (χ0n) is 36.3. The number of carbonyl (C=O) groups excluding carboxylic acids is 4. The molecular formula is C43H67NO15. The lowest BCUT2D eigenvalue weighted by Crippen LogP contribution is -2.63. The summed E-state index contributed by atoms with van der Waals surface area (Å²) in [6.07, 6.45) is 0.424. The van der Waals surface area contributed by atoms with Crippen molar-refractivity contribution in [3.8, 4) is 0 Å². The minimum atomic E-state index is -1.32. The molecule has 0 aromatic rings. The van der Waals surface area contributed by atoms with E-state index in [1.54, 1.807) is 65.8 Å². The highest BCUT2D eigenvalue weighted by Crippen LogP contribution is 2.35. The minimum absolute atomic E-state index is 0.0317. The van der Waals surface area contributed by atoms with E-state index in [9.17, 15) is 34.5 Å². The maximum absolute atomic E-state index is 13.7. The van der Waals surface area contributed by atoms with Crippen molar-refractivity contribution < 1.29 is 72.4 Å².